The summed E-state index contributed by atoms with van der Waals surface area (Å²) in [5.41, 5.74) is 0. The van der Waals surface area contributed by atoms with Crippen LogP contribution in [0.1, 0.15) is 39.0 Å². The summed E-state index contributed by atoms with van der Waals surface area (Å²) in [7, 11) is 1.70. The highest BCUT2D eigenvalue weighted by Crippen LogP contribution is 2.19. The number of carboxylic acids is 1. The SMILES string of the molecule is CCCN1CCCC[C@H]1C(=O)N(C)CCC(=O)O. The first-order valence-corrected chi connectivity index (χ1v) is 6.77. The second-order valence-corrected chi connectivity index (χ2v) is 4.95. The number of hydrogen-bond donors (Lipinski definition) is 1. The fraction of sp³-hybridized carbons (Fsp3) is 0.846. The van der Waals surface area contributed by atoms with Crippen molar-refractivity contribution in [2.45, 2.75) is 45.1 Å². The average Bonchev–Trinajstić information content (AvgIpc) is 2.36. The molecule has 0 spiro atoms. The van der Waals surface area contributed by atoms with Crippen molar-refractivity contribution in [3.8, 4) is 0 Å². The summed E-state index contributed by atoms with van der Waals surface area (Å²) >= 11 is 0. The van der Waals surface area contributed by atoms with Crippen molar-refractivity contribution in [3.63, 3.8) is 0 Å². The van der Waals surface area contributed by atoms with Gasteiger partial charge in [0.15, 0.2) is 0 Å². The molecule has 1 atom stereocenters. The minimum Gasteiger partial charge on any atom is -0.481 e. The quantitative estimate of drug-likeness (QED) is 0.775. The van der Waals surface area contributed by atoms with Crippen molar-refractivity contribution in [1.82, 2.24) is 9.80 Å². The van der Waals surface area contributed by atoms with E-state index < -0.39 is 5.97 Å². The Balaban J connectivity index is 2.53. The van der Waals surface area contributed by atoms with Crippen molar-refractivity contribution in [2.24, 2.45) is 0 Å². The van der Waals surface area contributed by atoms with Gasteiger partial charge in [-0.15, -0.1) is 0 Å². The number of rotatable bonds is 6. The van der Waals surface area contributed by atoms with Crippen molar-refractivity contribution in [3.05, 3.63) is 0 Å². The second-order valence-electron chi connectivity index (χ2n) is 4.95. The first-order valence-electron chi connectivity index (χ1n) is 6.77. The van der Waals surface area contributed by atoms with E-state index in [1.165, 1.54) is 0 Å². The molecule has 104 valence electrons. The summed E-state index contributed by atoms with van der Waals surface area (Å²) in [6, 6.07) is -0.0440. The molecule has 0 aliphatic carbocycles. The van der Waals surface area contributed by atoms with Crippen LogP contribution in [0, 0.1) is 0 Å². The summed E-state index contributed by atoms with van der Waals surface area (Å²) in [6.45, 7) is 4.34. The first kappa shape index (κ1) is 15.0. The molecule has 1 fully saturated rings. The number of aliphatic carboxylic acids is 1. The third kappa shape index (κ3) is 4.29. The van der Waals surface area contributed by atoms with E-state index in [4.69, 9.17) is 5.11 Å². The summed E-state index contributed by atoms with van der Waals surface area (Å²) in [6.07, 6.45) is 4.20. The Labute approximate surface area is 109 Å². The van der Waals surface area contributed by atoms with Crippen LogP contribution in [0.15, 0.2) is 0 Å². The van der Waals surface area contributed by atoms with Gasteiger partial charge >= 0.3 is 5.97 Å². The Bertz CT molecular complexity index is 292. The number of hydrogen-bond acceptors (Lipinski definition) is 3. The van der Waals surface area contributed by atoms with E-state index in [9.17, 15) is 9.59 Å². The predicted molar refractivity (Wildman–Crippen MR) is 69.4 cm³/mol. The molecule has 0 saturated carbocycles. The van der Waals surface area contributed by atoms with E-state index in [0.717, 1.165) is 38.8 Å². The molecule has 18 heavy (non-hydrogen) atoms. The lowest BCUT2D eigenvalue weighted by Gasteiger charge is -2.36. The monoisotopic (exact) mass is 256 g/mol. The third-order valence-corrected chi connectivity index (χ3v) is 3.45. The molecule has 0 unspecified atom stereocenters. The maximum atomic E-state index is 12.3. The topological polar surface area (TPSA) is 60.9 Å². The molecule has 0 bridgehead atoms. The number of likely N-dealkylation sites (N-methyl/N-ethyl adjacent to an activating group) is 1. The minimum atomic E-state index is -0.858. The van der Waals surface area contributed by atoms with Crippen LogP contribution >= 0.6 is 0 Å². The van der Waals surface area contributed by atoms with Gasteiger partial charge in [-0.1, -0.05) is 13.3 Å². The van der Waals surface area contributed by atoms with Crippen molar-refractivity contribution >= 4 is 11.9 Å². The predicted octanol–water partition coefficient (Wildman–Crippen LogP) is 1.18. The lowest BCUT2D eigenvalue weighted by atomic mass is 10.0. The van der Waals surface area contributed by atoms with E-state index in [-0.39, 0.29) is 18.4 Å². The van der Waals surface area contributed by atoms with Gasteiger partial charge in [-0.3, -0.25) is 14.5 Å². The van der Waals surface area contributed by atoms with E-state index in [1.807, 2.05) is 0 Å². The molecular weight excluding hydrogens is 232 g/mol. The van der Waals surface area contributed by atoms with Gasteiger partial charge in [-0.2, -0.15) is 0 Å². The molecule has 1 heterocycles. The smallest absolute Gasteiger partial charge is 0.305 e. The highest BCUT2D eigenvalue weighted by Gasteiger charge is 2.29. The zero-order valence-electron chi connectivity index (χ0n) is 11.4. The minimum absolute atomic E-state index is 0.0166. The maximum absolute atomic E-state index is 12.3. The maximum Gasteiger partial charge on any atom is 0.305 e. The van der Waals surface area contributed by atoms with Crippen molar-refractivity contribution in [1.29, 1.82) is 0 Å². The number of carbonyl (C=O) groups excluding carboxylic acids is 1. The highest BCUT2D eigenvalue weighted by atomic mass is 16.4. The third-order valence-electron chi connectivity index (χ3n) is 3.45. The van der Waals surface area contributed by atoms with Gasteiger partial charge in [0.05, 0.1) is 12.5 Å². The molecule has 1 rings (SSSR count). The Morgan fingerprint density at radius 2 is 2.11 bits per heavy atom. The molecule has 1 aliphatic rings. The number of likely N-dealkylation sites (tertiary alicyclic amines) is 1. The van der Waals surface area contributed by atoms with Gasteiger partial charge in [0, 0.05) is 13.6 Å². The van der Waals surface area contributed by atoms with Crippen LogP contribution in [0.2, 0.25) is 0 Å². The molecule has 5 nitrogen and oxygen atoms in total. The molecule has 1 saturated heterocycles. The van der Waals surface area contributed by atoms with Gasteiger partial charge < -0.3 is 10.0 Å². The Kier molecular flexibility index (Phi) is 6.12. The fourth-order valence-electron chi connectivity index (χ4n) is 2.45. The Morgan fingerprint density at radius 3 is 2.72 bits per heavy atom. The number of piperidine rings is 1. The van der Waals surface area contributed by atoms with Crippen LogP contribution in [0.4, 0.5) is 0 Å². The van der Waals surface area contributed by atoms with Gasteiger partial charge in [0.1, 0.15) is 0 Å². The van der Waals surface area contributed by atoms with Crippen LogP contribution < -0.4 is 0 Å². The Hall–Kier alpha value is -1.10. The van der Waals surface area contributed by atoms with Crippen LogP contribution in [-0.4, -0.2) is 59.5 Å². The Morgan fingerprint density at radius 1 is 1.39 bits per heavy atom. The summed E-state index contributed by atoms with van der Waals surface area (Å²) in [4.78, 5) is 26.6. The molecule has 1 aliphatic heterocycles. The van der Waals surface area contributed by atoms with Crippen LogP contribution in [-0.2, 0) is 9.59 Å². The van der Waals surface area contributed by atoms with E-state index in [0.29, 0.717) is 6.54 Å². The van der Waals surface area contributed by atoms with Gasteiger partial charge in [-0.25, -0.2) is 0 Å². The van der Waals surface area contributed by atoms with Gasteiger partial charge in [0.2, 0.25) is 5.91 Å². The molecule has 5 heteroatoms. The molecular formula is C13H24N2O3. The highest BCUT2D eigenvalue weighted by molar-refractivity contribution is 5.82. The van der Waals surface area contributed by atoms with E-state index in [2.05, 4.69) is 11.8 Å². The zero-order valence-corrected chi connectivity index (χ0v) is 11.4. The van der Waals surface area contributed by atoms with Gasteiger partial charge in [-0.05, 0) is 32.4 Å². The van der Waals surface area contributed by atoms with Gasteiger partial charge in [0.25, 0.3) is 0 Å². The molecule has 0 aromatic carbocycles. The molecule has 0 radical (unpaired) electrons. The van der Waals surface area contributed by atoms with Crippen molar-refractivity contribution < 1.29 is 14.7 Å². The number of carboxylic acid groups (broad SMARTS) is 1. The molecule has 0 aromatic heterocycles. The first-order chi connectivity index (χ1) is 8.56. The summed E-state index contributed by atoms with van der Waals surface area (Å²) in [5, 5.41) is 8.64. The largest absolute Gasteiger partial charge is 0.481 e. The number of nitrogens with zero attached hydrogens (tertiary/aromatic N) is 2. The van der Waals surface area contributed by atoms with Crippen molar-refractivity contribution in [2.75, 3.05) is 26.7 Å². The van der Waals surface area contributed by atoms with Crippen LogP contribution in [0.3, 0.4) is 0 Å². The van der Waals surface area contributed by atoms with Crippen LogP contribution in [0.5, 0.6) is 0 Å². The number of carbonyl (C=O) groups is 2. The summed E-state index contributed by atoms with van der Waals surface area (Å²) in [5.74, 6) is -0.784. The summed E-state index contributed by atoms with van der Waals surface area (Å²) < 4.78 is 0. The van der Waals surface area contributed by atoms with E-state index >= 15 is 0 Å². The van der Waals surface area contributed by atoms with E-state index in [1.54, 1.807) is 11.9 Å². The average molecular weight is 256 g/mol. The zero-order chi connectivity index (χ0) is 13.5. The molecule has 0 aromatic rings. The standard InChI is InChI=1S/C13H24N2O3/c1-3-8-15-9-5-4-6-11(15)13(18)14(2)10-7-12(16)17/h11H,3-10H2,1-2H3,(H,16,17)/t11-/m0/s1. The number of amides is 1. The fourth-order valence-corrected chi connectivity index (χ4v) is 2.45. The second kappa shape index (κ2) is 7.36. The molecule has 1 N–H and O–H groups in total. The lowest BCUT2D eigenvalue weighted by molar-refractivity contribution is -0.140. The lowest BCUT2D eigenvalue weighted by Crippen LogP contribution is -2.50. The molecule has 1 amide bonds. The van der Waals surface area contributed by atoms with Crippen LogP contribution in [0.25, 0.3) is 0 Å². The normalized spacial score (nSPS) is 20.7.